The third-order valence-electron chi connectivity index (χ3n) is 3.13. The fraction of sp³-hybridized carbons (Fsp3) is 0.385. The molecular formula is C13H15N3O5. The average molecular weight is 293 g/mol. The van der Waals surface area contributed by atoms with E-state index in [1.54, 1.807) is 13.8 Å². The molecule has 2 N–H and O–H groups in total. The lowest BCUT2D eigenvalue weighted by Gasteiger charge is -2.35. The number of rotatable bonds is 4. The standard InChI is InChI=1S/C13H15N3O5/c1-7(2)12-13(18)15(6-11(14)17)9-5-8(16(19)20)3-4-10(9)21-12/h3-5,7,12H,6H2,1-2H3,(H2,14,17). The number of benzene rings is 1. The van der Waals surface area contributed by atoms with Gasteiger partial charge in [0, 0.05) is 12.1 Å². The second kappa shape index (κ2) is 5.39. The molecule has 8 nitrogen and oxygen atoms in total. The predicted molar refractivity (Wildman–Crippen MR) is 73.9 cm³/mol. The van der Waals surface area contributed by atoms with Gasteiger partial charge in [-0.05, 0) is 12.0 Å². The third-order valence-corrected chi connectivity index (χ3v) is 3.13. The topological polar surface area (TPSA) is 116 Å². The van der Waals surface area contributed by atoms with Crippen LogP contribution in [-0.4, -0.2) is 29.4 Å². The minimum atomic E-state index is -0.752. The van der Waals surface area contributed by atoms with E-state index >= 15 is 0 Å². The van der Waals surface area contributed by atoms with E-state index in [1.165, 1.54) is 18.2 Å². The Morgan fingerprint density at radius 2 is 2.19 bits per heavy atom. The molecule has 0 fully saturated rings. The van der Waals surface area contributed by atoms with Crippen molar-refractivity contribution in [1.82, 2.24) is 0 Å². The summed E-state index contributed by atoms with van der Waals surface area (Å²) in [5, 5.41) is 10.8. The first-order chi connectivity index (χ1) is 9.81. The van der Waals surface area contributed by atoms with Gasteiger partial charge in [-0.3, -0.25) is 24.6 Å². The molecule has 1 heterocycles. The van der Waals surface area contributed by atoms with E-state index < -0.39 is 22.8 Å². The maximum atomic E-state index is 12.4. The van der Waals surface area contributed by atoms with Gasteiger partial charge in [0.25, 0.3) is 11.6 Å². The summed E-state index contributed by atoms with van der Waals surface area (Å²) in [5.41, 5.74) is 5.15. The van der Waals surface area contributed by atoms with Crippen molar-refractivity contribution < 1.29 is 19.2 Å². The fourth-order valence-corrected chi connectivity index (χ4v) is 2.13. The Morgan fingerprint density at radius 3 is 2.71 bits per heavy atom. The van der Waals surface area contributed by atoms with Crippen molar-refractivity contribution in [1.29, 1.82) is 0 Å². The summed E-state index contributed by atoms with van der Waals surface area (Å²) in [6.07, 6.45) is -0.752. The number of ether oxygens (including phenoxy) is 1. The molecule has 1 aliphatic heterocycles. The summed E-state index contributed by atoms with van der Waals surface area (Å²) in [6.45, 7) is 3.27. The maximum absolute atomic E-state index is 12.4. The van der Waals surface area contributed by atoms with Gasteiger partial charge in [0.1, 0.15) is 12.3 Å². The maximum Gasteiger partial charge on any atom is 0.271 e. The Labute approximate surface area is 120 Å². The van der Waals surface area contributed by atoms with Crippen molar-refractivity contribution >= 4 is 23.2 Å². The Morgan fingerprint density at radius 1 is 1.52 bits per heavy atom. The van der Waals surface area contributed by atoms with E-state index in [0.717, 1.165) is 4.90 Å². The molecule has 1 aromatic carbocycles. The number of nitro groups is 1. The number of primary amides is 1. The van der Waals surface area contributed by atoms with Crippen LogP contribution in [0.25, 0.3) is 0 Å². The largest absolute Gasteiger partial charge is 0.478 e. The molecule has 0 saturated carbocycles. The van der Waals surface area contributed by atoms with Crippen molar-refractivity contribution in [2.45, 2.75) is 20.0 Å². The van der Waals surface area contributed by atoms with E-state index in [2.05, 4.69) is 0 Å². The first-order valence-electron chi connectivity index (χ1n) is 6.36. The van der Waals surface area contributed by atoms with Crippen LogP contribution >= 0.6 is 0 Å². The minimum absolute atomic E-state index is 0.115. The second-order valence-corrected chi connectivity index (χ2v) is 5.08. The van der Waals surface area contributed by atoms with E-state index in [-0.39, 0.29) is 23.8 Å². The molecule has 0 aliphatic carbocycles. The van der Waals surface area contributed by atoms with Gasteiger partial charge in [0.05, 0.1) is 10.6 Å². The summed E-state index contributed by atoms with van der Waals surface area (Å²) in [7, 11) is 0. The van der Waals surface area contributed by atoms with Gasteiger partial charge in [-0.25, -0.2) is 0 Å². The fourth-order valence-electron chi connectivity index (χ4n) is 2.13. The van der Waals surface area contributed by atoms with Crippen molar-refractivity contribution in [3.05, 3.63) is 28.3 Å². The van der Waals surface area contributed by atoms with Crippen LogP contribution in [-0.2, 0) is 9.59 Å². The quantitative estimate of drug-likeness (QED) is 0.652. The van der Waals surface area contributed by atoms with Gasteiger partial charge in [-0.2, -0.15) is 0 Å². The minimum Gasteiger partial charge on any atom is -0.478 e. The van der Waals surface area contributed by atoms with E-state index in [1.807, 2.05) is 0 Å². The number of anilines is 1. The highest BCUT2D eigenvalue weighted by Gasteiger charge is 2.37. The second-order valence-electron chi connectivity index (χ2n) is 5.08. The van der Waals surface area contributed by atoms with Crippen LogP contribution in [0.5, 0.6) is 5.75 Å². The van der Waals surface area contributed by atoms with Crippen LogP contribution in [0.1, 0.15) is 13.8 Å². The first-order valence-corrected chi connectivity index (χ1v) is 6.36. The number of nitrogens with zero attached hydrogens (tertiary/aromatic N) is 2. The summed E-state index contributed by atoms with van der Waals surface area (Å²) in [4.78, 5) is 34.9. The van der Waals surface area contributed by atoms with Crippen molar-refractivity contribution in [2.75, 3.05) is 11.4 Å². The summed E-state index contributed by atoms with van der Waals surface area (Å²) >= 11 is 0. The molecule has 1 aliphatic rings. The van der Waals surface area contributed by atoms with Crippen molar-refractivity contribution in [2.24, 2.45) is 11.7 Å². The molecule has 2 rings (SSSR count). The van der Waals surface area contributed by atoms with Crippen molar-refractivity contribution in [3.8, 4) is 5.75 Å². The average Bonchev–Trinajstić information content (AvgIpc) is 2.40. The predicted octanol–water partition coefficient (Wildman–Crippen LogP) is 0.830. The molecule has 1 aromatic rings. The Hall–Kier alpha value is -2.64. The van der Waals surface area contributed by atoms with Crippen LogP contribution in [0, 0.1) is 16.0 Å². The third kappa shape index (κ3) is 2.78. The lowest BCUT2D eigenvalue weighted by molar-refractivity contribution is -0.384. The van der Waals surface area contributed by atoms with Gasteiger partial charge in [0.2, 0.25) is 5.91 Å². The number of nitrogens with two attached hydrogens (primary N) is 1. The molecule has 0 spiro atoms. The molecule has 8 heteroatoms. The van der Waals surface area contributed by atoms with Crippen LogP contribution in [0.2, 0.25) is 0 Å². The molecule has 1 unspecified atom stereocenters. The van der Waals surface area contributed by atoms with Gasteiger partial charge >= 0.3 is 0 Å². The molecule has 21 heavy (non-hydrogen) atoms. The molecule has 1 atom stereocenters. The zero-order valence-corrected chi connectivity index (χ0v) is 11.6. The summed E-state index contributed by atoms with van der Waals surface area (Å²) in [5.74, 6) is -0.932. The van der Waals surface area contributed by atoms with E-state index in [4.69, 9.17) is 10.5 Å². The van der Waals surface area contributed by atoms with Crippen LogP contribution in [0.4, 0.5) is 11.4 Å². The number of nitro benzene ring substituents is 1. The summed E-state index contributed by atoms with van der Waals surface area (Å²) in [6, 6.07) is 3.91. The van der Waals surface area contributed by atoms with Crippen LogP contribution < -0.4 is 15.4 Å². The molecule has 2 amide bonds. The van der Waals surface area contributed by atoms with Crippen molar-refractivity contribution in [3.63, 3.8) is 0 Å². The number of hydrogen-bond donors (Lipinski definition) is 1. The molecule has 0 bridgehead atoms. The molecule has 0 saturated heterocycles. The van der Waals surface area contributed by atoms with Gasteiger partial charge in [0.15, 0.2) is 6.10 Å². The number of fused-ring (bicyclic) bond motifs is 1. The van der Waals surface area contributed by atoms with Gasteiger partial charge in [-0.1, -0.05) is 13.8 Å². The van der Waals surface area contributed by atoms with Gasteiger partial charge in [-0.15, -0.1) is 0 Å². The lowest BCUT2D eigenvalue weighted by atomic mass is 10.0. The van der Waals surface area contributed by atoms with Gasteiger partial charge < -0.3 is 10.5 Å². The number of hydrogen-bond acceptors (Lipinski definition) is 5. The monoisotopic (exact) mass is 293 g/mol. The van der Waals surface area contributed by atoms with E-state index in [0.29, 0.717) is 5.75 Å². The zero-order chi connectivity index (χ0) is 15.7. The summed E-state index contributed by atoms with van der Waals surface area (Å²) < 4.78 is 5.59. The Balaban J connectivity index is 2.51. The number of amides is 2. The van der Waals surface area contributed by atoms with Crippen LogP contribution in [0.15, 0.2) is 18.2 Å². The zero-order valence-electron chi connectivity index (χ0n) is 11.6. The Kier molecular flexibility index (Phi) is 3.79. The van der Waals surface area contributed by atoms with E-state index in [9.17, 15) is 19.7 Å². The number of non-ortho nitro benzene ring substituents is 1. The molecular weight excluding hydrogens is 278 g/mol. The highest BCUT2D eigenvalue weighted by molar-refractivity contribution is 6.04. The number of carbonyl (C=O) groups excluding carboxylic acids is 2. The highest BCUT2D eigenvalue weighted by atomic mass is 16.6. The smallest absolute Gasteiger partial charge is 0.271 e. The molecule has 112 valence electrons. The molecule has 0 aromatic heterocycles. The normalized spacial score (nSPS) is 17.4. The first kappa shape index (κ1) is 14.8. The highest BCUT2D eigenvalue weighted by Crippen LogP contribution is 2.38. The Bertz CT molecular complexity index is 614. The number of carbonyl (C=O) groups is 2. The lowest BCUT2D eigenvalue weighted by Crippen LogP contribution is -2.51. The molecule has 0 radical (unpaired) electrons. The SMILES string of the molecule is CC(C)C1Oc2ccc([N+](=O)[O-])cc2N(CC(N)=O)C1=O. The van der Waals surface area contributed by atoms with Crippen LogP contribution in [0.3, 0.4) is 0 Å².